The quantitative estimate of drug-likeness (QED) is 0.492. The van der Waals surface area contributed by atoms with E-state index in [-0.39, 0.29) is 18.0 Å². The molecule has 32 heavy (non-hydrogen) atoms. The van der Waals surface area contributed by atoms with Gasteiger partial charge in [0.05, 0.1) is 34.6 Å². The van der Waals surface area contributed by atoms with Crippen LogP contribution in [0.3, 0.4) is 0 Å². The van der Waals surface area contributed by atoms with E-state index in [2.05, 4.69) is 4.99 Å². The van der Waals surface area contributed by atoms with E-state index in [0.717, 1.165) is 16.7 Å². The highest BCUT2D eigenvalue weighted by molar-refractivity contribution is 6.30. The summed E-state index contributed by atoms with van der Waals surface area (Å²) in [6.45, 7) is 0.262. The van der Waals surface area contributed by atoms with Gasteiger partial charge in [-0.05, 0) is 23.3 Å². The Labute approximate surface area is 183 Å². The molecule has 2 heterocycles. The van der Waals surface area contributed by atoms with Crippen molar-refractivity contribution in [2.75, 3.05) is 0 Å². The zero-order valence-electron chi connectivity index (χ0n) is 16.9. The van der Waals surface area contributed by atoms with Gasteiger partial charge in [0.1, 0.15) is 0 Å². The van der Waals surface area contributed by atoms with Crippen molar-refractivity contribution in [2.24, 2.45) is 4.99 Å². The number of aliphatic imine (C=N–C) groups is 1. The Balaban J connectivity index is 1.69. The predicted octanol–water partition coefficient (Wildman–Crippen LogP) is 4.60. The minimum Gasteiger partial charge on any atom is -0.494 e. The van der Waals surface area contributed by atoms with Gasteiger partial charge in [-0.3, -0.25) is 4.79 Å². The molecule has 0 bridgehead atoms. The number of rotatable bonds is 5. The molecule has 156 valence electrons. The molecule has 0 saturated heterocycles. The monoisotopic (exact) mass is 422 g/mol. The molecule has 1 aliphatic rings. The van der Waals surface area contributed by atoms with Crippen molar-refractivity contribution in [3.8, 4) is 17.1 Å². The number of hydrogen-bond donors (Lipinski definition) is 2. The lowest BCUT2D eigenvalue weighted by Crippen LogP contribution is -2.06. The first kappa shape index (κ1) is 19.5. The number of carboxylic acid groups (broad SMARTS) is 1. The first-order chi connectivity index (χ1) is 15.5. The van der Waals surface area contributed by atoms with Crippen LogP contribution in [-0.4, -0.2) is 32.4 Å². The van der Waals surface area contributed by atoms with Gasteiger partial charge < -0.3 is 14.8 Å². The van der Waals surface area contributed by atoms with E-state index in [4.69, 9.17) is 5.11 Å². The summed E-state index contributed by atoms with van der Waals surface area (Å²) in [5.41, 5.74) is 4.32. The van der Waals surface area contributed by atoms with Crippen molar-refractivity contribution in [1.29, 1.82) is 0 Å². The Morgan fingerprint density at radius 1 is 0.812 bits per heavy atom. The number of amides is 1. The molecule has 1 aromatic heterocycles. The lowest BCUT2D eigenvalue weighted by molar-refractivity contribution is 0.0696. The summed E-state index contributed by atoms with van der Waals surface area (Å²) in [4.78, 5) is 28.4. The number of hydrogen-bond acceptors (Lipinski definition) is 3. The third-order valence-corrected chi connectivity index (χ3v) is 5.54. The Hall–Kier alpha value is -4.45. The standard InChI is InChI=1S/C26H18N2O4/c29-24-21-20(22(27-24)17-7-3-1-4-8-17)25(30)28(23(21)18-9-5-2-6-10-18)15-16-11-13-19(14-12-16)26(31)32/h1-14,30H,15H2,(H,31,32). The third kappa shape index (κ3) is 3.18. The molecule has 0 fully saturated rings. The van der Waals surface area contributed by atoms with Crippen LogP contribution in [0.15, 0.2) is 89.9 Å². The van der Waals surface area contributed by atoms with E-state index in [1.165, 1.54) is 12.1 Å². The highest BCUT2D eigenvalue weighted by atomic mass is 16.4. The zero-order valence-corrected chi connectivity index (χ0v) is 16.9. The molecular formula is C26H18N2O4. The number of carbonyl (C=O) groups is 2. The highest BCUT2D eigenvalue weighted by Crippen LogP contribution is 2.41. The van der Waals surface area contributed by atoms with Crippen molar-refractivity contribution in [3.05, 3.63) is 113 Å². The summed E-state index contributed by atoms with van der Waals surface area (Å²) in [6.07, 6.45) is 0. The van der Waals surface area contributed by atoms with E-state index < -0.39 is 11.9 Å². The summed E-state index contributed by atoms with van der Waals surface area (Å²) in [6, 6.07) is 25.1. The maximum atomic E-state index is 13.0. The van der Waals surface area contributed by atoms with Crippen LogP contribution < -0.4 is 0 Å². The van der Waals surface area contributed by atoms with E-state index in [1.807, 2.05) is 60.7 Å². The van der Waals surface area contributed by atoms with Gasteiger partial charge in [0.2, 0.25) is 5.88 Å². The van der Waals surface area contributed by atoms with Crippen molar-refractivity contribution in [3.63, 3.8) is 0 Å². The summed E-state index contributed by atoms with van der Waals surface area (Å²) in [7, 11) is 0. The van der Waals surface area contributed by atoms with Crippen molar-refractivity contribution in [2.45, 2.75) is 6.54 Å². The molecule has 0 aliphatic carbocycles. The van der Waals surface area contributed by atoms with Crippen LogP contribution in [0, 0.1) is 0 Å². The predicted molar refractivity (Wildman–Crippen MR) is 120 cm³/mol. The first-order valence-electron chi connectivity index (χ1n) is 10.1. The molecular weight excluding hydrogens is 404 g/mol. The van der Waals surface area contributed by atoms with Crippen molar-refractivity contribution in [1.82, 2.24) is 4.57 Å². The van der Waals surface area contributed by atoms with Crippen LogP contribution in [0.5, 0.6) is 5.88 Å². The molecule has 4 aromatic rings. The zero-order chi connectivity index (χ0) is 22.2. The highest BCUT2D eigenvalue weighted by Gasteiger charge is 2.36. The van der Waals surface area contributed by atoms with E-state index in [0.29, 0.717) is 22.5 Å². The minimum atomic E-state index is -1.00. The van der Waals surface area contributed by atoms with Gasteiger partial charge in [0, 0.05) is 5.56 Å². The smallest absolute Gasteiger partial charge is 0.335 e. The number of aromatic carboxylic acids is 1. The molecule has 6 heteroatoms. The van der Waals surface area contributed by atoms with Crippen molar-refractivity contribution < 1.29 is 19.8 Å². The van der Waals surface area contributed by atoms with Crippen LogP contribution in [0.4, 0.5) is 0 Å². The fourth-order valence-electron chi connectivity index (χ4n) is 4.04. The van der Waals surface area contributed by atoms with Crippen molar-refractivity contribution >= 4 is 17.6 Å². The molecule has 0 saturated carbocycles. The molecule has 0 spiro atoms. The third-order valence-electron chi connectivity index (χ3n) is 5.54. The summed E-state index contributed by atoms with van der Waals surface area (Å²) in [5, 5.41) is 20.4. The fourth-order valence-corrected chi connectivity index (χ4v) is 4.04. The normalized spacial score (nSPS) is 12.5. The second kappa shape index (κ2) is 7.67. The molecule has 6 nitrogen and oxygen atoms in total. The molecule has 1 aliphatic heterocycles. The maximum Gasteiger partial charge on any atom is 0.335 e. The van der Waals surface area contributed by atoms with Crippen LogP contribution in [-0.2, 0) is 6.54 Å². The van der Waals surface area contributed by atoms with Crippen LogP contribution >= 0.6 is 0 Å². The Kier molecular flexibility index (Phi) is 4.67. The number of aromatic nitrogens is 1. The van der Waals surface area contributed by atoms with Gasteiger partial charge in [0.15, 0.2) is 0 Å². The molecule has 5 rings (SSSR count). The summed E-state index contributed by atoms with van der Waals surface area (Å²) in [5.74, 6) is -1.44. The lowest BCUT2D eigenvalue weighted by Gasteiger charge is -2.13. The van der Waals surface area contributed by atoms with Crippen LogP contribution in [0.1, 0.15) is 37.4 Å². The van der Waals surface area contributed by atoms with E-state index in [9.17, 15) is 14.7 Å². The summed E-state index contributed by atoms with van der Waals surface area (Å²) >= 11 is 0. The molecule has 3 aromatic carbocycles. The number of fused-ring (bicyclic) bond motifs is 1. The fraction of sp³-hybridized carbons (Fsp3) is 0.0385. The van der Waals surface area contributed by atoms with Gasteiger partial charge in [-0.2, -0.15) is 0 Å². The van der Waals surface area contributed by atoms with Gasteiger partial charge in [0.25, 0.3) is 5.91 Å². The average molecular weight is 422 g/mol. The largest absolute Gasteiger partial charge is 0.494 e. The van der Waals surface area contributed by atoms with Crippen LogP contribution in [0.2, 0.25) is 0 Å². The maximum absolute atomic E-state index is 13.0. The first-order valence-corrected chi connectivity index (χ1v) is 10.1. The van der Waals surface area contributed by atoms with E-state index >= 15 is 0 Å². The Morgan fingerprint density at radius 3 is 2.00 bits per heavy atom. The molecule has 0 atom stereocenters. The number of carbonyl (C=O) groups excluding carboxylic acids is 1. The van der Waals surface area contributed by atoms with E-state index in [1.54, 1.807) is 16.7 Å². The van der Waals surface area contributed by atoms with Gasteiger partial charge in [-0.15, -0.1) is 0 Å². The van der Waals surface area contributed by atoms with Crippen LogP contribution in [0.25, 0.3) is 11.3 Å². The SMILES string of the molecule is O=C(O)c1ccc(Cn2c(O)c3c(c2-c2ccccc2)C(=O)N=C3c2ccccc2)cc1. The number of aromatic hydroxyl groups is 1. The number of benzene rings is 3. The average Bonchev–Trinajstić information content (AvgIpc) is 3.30. The minimum absolute atomic E-state index is 0.0467. The number of nitrogens with zero attached hydrogens (tertiary/aromatic N) is 2. The van der Waals surface area contributed by atoms with Gasteiger partial charge >= 0.3 is 5.97 Å². The van der Waals surface area contributed by atoms with Gasteiger partial charge in [-0.25, -0.2) is 9.79 Å². The molecule has 0 radical (unpaired) electrons. The number of carboxylic acids is 1. The molecule has 0 unspecified atom stereocenters. The topological polar surface area (TPSA) is 91.9 Å². The van der Waals surface area contributed by atoms with Gasteiger partial charge in [-0.1, -0.05) is 72.8 Å². The summed E-state index contributed by atoms with van der Waals surface area (Å²) < 4.78 is 1.69. The molecule has 1 amide bonds. The lowest BCUT2D eigenvalue weighted by atomic mass is 10.0. The Morgan fingerprint density at radius 2 is 1.41 bits per heavy atom. The Bertz CT molecular complexity index is 1370. The second-order valence-corrected chi connectivity index (χ2v) is 7.51. The molecule has 2 N–H and O–H groups in total. The second-order valence-electron chi connectivity index (χ2n) is 7.51.